The van der Waals surface area contributed by atoms with Crippen molar-refractivity contribution >= 4 is 38.9 Å². The van der Waals surface area contributed by atoms with Crippen LogP contribution in [0.5, 0.6) is 0 Å². The molecule has 0 saturated carbocycles. The zero-order valence-corrected chi connectivity index (χ0v) is 17.0. The predicted molar refractivity (Wildman–Crippen MR) is 112 cm³/mol. The van der Waals surface area contributed by atoms with Gasteiger partial charge in [-0.2, -0.15) is 0 Å². The van der Waals surface area contributed by atoms with Crippen molar-refractivity contribution in [3.05, 3.63) is 89.2 Å². The Morgan fingerprint density at radius 3 is 2.34 bits per heavy atom. The highest BCUT2D eigenvalue weighted by Crippen LogP contribution is 2.27. The Hall–Kier alpha value is -2.90. The van der Waals surface area contributed by atoms with Gasteiger partial charge in [-0.15, -0.1) is 0 Å². The molecule has 0 spiro atoms. The number of halogens is 2. The maximum Gasteiger partial charge on any atom is 0.264 e. The first kappa shape index (κ1) is 20.8. The Morgan fingerprint density at radius 1 is 1.00 bits per heavy atom. The highest BCUT2D eigenvalue weighted by atomic mass is 35.5. The van der Waals surface area contributed by atoms with Crippen molar-refractivity contribution < 1.29 is 17.6 Å². The number of nitrogens with one attached hydrogen (secondary N) is 1. The number of sulfonamides is 1. The van der Waals surface area contributed by atoms with Crippen LogP contribution in [0.1, 0.15) is 5.56 Å². The summed E-state index contributed by atoms with van der Waals surface area (Å²) in [6.07, 6.45) is 0. The van der Waals surface area contributed by atoms with E-state index < -0.39 is 28.3 Å². The average molecular weight is 433 g/mol. The topological polar surface area (TPSA) is 66.5 Å². The van der Waals surface area contributed by atoms with Crippen molar-refractivity contribution in [1.82, 2.24) is 0 Å². The lowest BCUT2D eigenvalue weighted by atomic mass is 10.2. The molecule has 0 aromatic heterocycles. The third-order valence-electron chi connectivity index (χ3n) is 4.28. The fraction of sp³-hybridized carbons (Fsp3) is 0.0952. The number of benzene rings is 3. The third kappa shape index (κ3) is 4.58. The van der Waals surface area contributed by atoms with E-state index in [9.17, 15) is 17.6 Å². The highest BCUT2D eigenvalue weighted by molar-refractivity contribution is 7.92. The molecular formula is C21H18ClFN2O3S. The zero-order chi connectivity index (χ0) is 21.0. The summed E-state index contributed by atoms with van der Waals surface area (Å²) in [5.41, 5.74) is 0.883. The quantitative estimate of drug-likeness (QED) is 0.618. The average Bonchev–Trinajstić information content (AvgIpc) is 2.71. The molecule has 8 heteroatoms. The molecule has 0 fully saturated rings. The van der Waals surface area contributed by atoms with Gasteiger partial charge in [0.05, 0.1) is 10.6 Å². The van der Waals surface area contributed by atoms with Crippen molar-refractivity contribution in [2.75, 3.05) is 16.2 Å². The smallest absolute Gasteiger partial charge is 0.264 e. The molecule has 0 aliphatic heterocycles. The number of para-hydroxylation sites is 1. The minimum Gasteiger partial charge on any atom is -0.324 e. The molecule has 150 valence electrons. The van der Waals surface area contributed by atoms with Gasteiger partial charge in [0.1, 0.15) is 12.4 Å². The largest absolute Gasteiger partial charge is 0.324 e. The minimum absolute atomic E-state index is 0.0463. The van der Waals surface area contributed by atoms with Crippen molar-refractivity contribution in [3.8, 4) is 0 Å². The lowest BCUT2D eigenvalue weighted by Gasteiger charge is -2.24. The lowest BCUT2D eigenvalue weighted by Crippen LogP contribution is -2.38. The summed E-state index contributed by atoms with van der Waals surface area (Å²) in [5.74, 6) is -1.38. The van der Waals surface area contributed by atoms with E-state index >= 15 is 0 Å². The summed E-state index contributed by atoms with van der Waals surface area (Å²) in [5, 5.41) is 3.11. The van der Waals surface area contributed by atoms with Gasteiger partial charge in [0.2, 0.25) is 5.91 Å². The van der Waals surface area contributed by atoms with Crippen LogP contribution in [0.2, 0.25) is 5.02 Å². The number of hydrogen-bond donors (Lipinski definition) is 1. The van der Waals surface area contributed by atoms with E-state index in [0.29, 0.717) is 16.3 Å². The standard InChI is InChI=1S/C21H18ClFN2O3S/c1-15-17(22)10-7-12-19(15)24-21(26)14-25(20-13-6-5-11-18(20)23)29(27,28)16-8-3-2-4-9-16/h2-13H,14H2,1H3,(H,24,26). The molecular weight excluding hydrogens is 415 g/mol. The van der Waals surface area contributed by atoms with Crippen molar-refractivity contribution in [1.29, 1.82) is 0 Å². The molecule has 0 bridgehead atoms. The van der Waals surface area contributed by atoms with Gasteiger partial charge >= 0.3 is 0 Å². The molecule has 0 aliphatic rings. The van der Waals surface area contributed by atoms with Gasteiger partial charge in [-0.25, -0.2) is 12.8 Å². The van der Waals surface area contributed by atoms with E-state index in [1.807, 2.05) is 0 Å². The number of anilines is 2. The maximum atomic E-state index is 14.4. The van der Waals surface area contributed by atoms with Crippen molar-refractivity contribution in [2.24, 2.45) is 0 Å². The molecule has 0 unspecified atom stereocenters. The number of nitrogens with zero attached hydrogens (tertiary/aromatic N) is 1. The van der Waals surface area contributed by atoms with Crippen LogP contribution in [-0.2, 0) is 14.8 Å². The van der Waals surface area contributed by atoms with Crippen LogP contribution in [-0.4, -0.2) is 20.9 Å². The summed E-state index contributed by atoms with van der Waals surface area (Å²) in [6.45, 7) is 1.12. The summed E-state index contributed by atoms with van der Waals surface area (Å²) in [6, 6.07) is 18.0. The Morgan fingerprint density at radius 2 is 1.66 bits per heavy atom. The Labute approximate surface area is 173 Å². The van der Waals surface area contributed by atoms with E-state index in [4.69, 9.17) is 11.6 Å². The molecule has 29 heavy (non-hydrogen) atoms. The van der Waals surface area contributed by atoms with Crippen LogP contribution in [0.15, 0.2) is 77.7 Å². The molecule has 0 aliphatic carbocycles. The fourth-order valence-electron chi connectivity index (χ4n) is 2.74. The number of carbonyl (C=O) groups excluding carboxylic acids is 1. The van der Waals surface area contributed by atoms with E-state index in [1.165, 1.54) is 30.3 Å². The number of carbonyl (C=O) groups is 1. The van der Waals surface area contributed by atoms with Gasteiger partial charge in [0.25, 0.3) is 10.0 Å². The second-order valence-corrected chi connectivity index (χ2v) is 8.51. The first-order valence-electron chi connectivity index (χ1n) is 8.68. The fourth-order valence-corrected chi connectivity index (χ4v) is 4.36. The zero-order valence-electron chi connectivity index (χ0n) is 15.5. The SMILES string of the molecule is Cc1c(Cl)cccc1NC(=O)CN(c1ccccc1F)S(=O)(=O)c1ccccc1. The summed E-state index contributed by atoms with van der Waals surface area (Å²) < 4.78 is 41.5. The highest BCUT2D eigenvalue weighted by Gasteiger charge is 2.29. The van der Waals surface area contributed by atoms with Crippen LogP contribution in [0.3, 0.4) is 0 Å². The summed E-state index contributed by atoms with van der Waals surface area (Å²) >= 11 is 6.07. The number of amides is 1. The van der Waals surface area contributed by atoms with E-state index in [2.05, 4.69) is 5.32 Å². The van der Waals surface area contributed by atoms with Crippen molar-refractivity contribution in [2.45, 2.75) is 11.8 Å². The molecule has 3 aromatic rings. The van der Waals surface area contributed by atoms with Gasteiger partial charge in [0, 0.05) is 10.7 Å². The van der Waals surface area contributed by atoms with Gasteiger partial charge in [-0.1, -0.05) is 48.0 Å². The molecule has 1 N–H and O–H groups in total. The maximum absolute atomic E-state index is 14.4. The second kappa shape index (κ2) is 8.63. The number of hydrogen-bond acceptors (Lipinski definition) is 3. The predicted octanol–water partition coefficient (Wildman–Crippen LogP) is 4.62. The van der Waals surface area contributed by atoms with Crippen LogP contribution >= 0.6 is 11.6 Å². The van der Waals surface area contributed by atoms with Gasteiger partial charge in [-0.3, -0.25) is 9.10 Å². The first-order chi connectivity index (χ1) is 13.8. The van der Waals surface area contributed by atoms with Gasteiger partial charge in [0.15, 0.2) is 0 Å². The molecule has 0 saturated heterocycles. The Bertz CT molecular complexity index is 1140. The molecule has 0 atom stereocenters. The van der Waals surface area contributed by atoms with E-state index in [0.717, 1.165) is 10.4 Å². The Kier molecular flexibility index (Phi) is 6.20. The second-order valence-electron chi connectivity index (χ2n) is 6.24. The van der Waals surface area contributed by atoms with Crippen LogP contribution in [0.25, 0.3) is 0 Å². The van der Waals surface area contributed by atoms with Crippen molar-refractivity contribution in [3.63, 3.8) is 0 Å². The number of rotatable bonds is 6. The first-order valence-corrected chi connectivity index (χ1v) is 10.5. The van der Waals surface area contributed by atoms with E-state index in [-0.39, 0.29) is 10.6 Å². The Balaban J connectivity index is 1.97. The lowest BCUT2D eigenvalue weighted by molar-refractivity contribution is -0.114. The normalized spacial score (nSPS) is 11.1. The molecule has 5 nitrogen and oxygen atoms in total. The third-order valence-corrected chi connectivity index (χ3v) is 6.46. The summed E-state index contributed by atoms with van der Waals surface area (Å²) in [4.78, 5) is 12.6. The van der Waals surface area contributed by atoms with Crippen LogP contribution < -0.4 is 9.62 Å². The van der Waals surface area contributed by atoms with Gasteiger partial charge in [-0.05, 0) is 48.9 Å². The monoisotopic (exact) mass is 432 g/mol. The molecule has 3 aromatic carbocycles. The molecule has 0 radical (unpaired) electrons. The molecule has 1 amide bonds. The van der Waals surface area contributed by atoms with E-state index in [1.54, 1.807) is 43.3 Å². The van der Waals surface area contributed by atoms with Crippen LogP contribution in [0.4, 0.5) is 15.8 Å². The van der Waals surface area contributed by atoms with Crippen LogP contribution in [0, 0.1) is 12.7 Å². The van der Waals surface area contributed by atoms with Gasteiger partial charge < -0.3 is 5.32 Å². The molecule has 0 heterocycles. The summed E-state index contributed by atoms with van der Waals surface area (Å²) in [7, 11) is -4.18. The molecule has 3 rings (SSSR count). The minimum atomic E-state index is -4.18.